The summed E-state index contributed by atoms with van der Waals surface area (Å²) >= 11 is 1.62. The number of nitrogens with one attached hydrogen (secondary N) is 1. The normalized spacial score (nSPS) is 10.4. The molecule has 2 aromatic heterocycles. The van der Waals surface area contributed by atoms with Crippen LogP contribution >= 0.6 is 11.3 Å². The van der Waals surface area contributed by atoms with Crippen LogP contribution in [0.4, 0.5) is 5.69 Å². The largest absolute Gasteiger partial charge is 0.388 e. The van der Waals surface area contributed by atoms with Crippen LogP contribution in [0.3, 0.4) is 0 Å². The molecule has 94 valence electrons. The van der Waals surface area contributed by atoms with Crippen LogP contribution in [0, 0.1) is 0 Å². The zero-order valence-corrected chi connectivity index (χ0v) is 11.3. The lowest BCUT2D eigenvalue weighted by Gasteiger charge is -2.00. The summed E-state index contributed by atoms with van der Waals surface area (Å²) in [7, 11) is 1.91. The zero-order chi connectivity index (χ0) is 13.1. The molecule has 3 aromatic rings. The van der Waals surface area contributed by atoms with E-state index in [1.807, 2.05) is 25.2 Å². The second kappa shape index (κ2) is 5.20. The minimum absolute atomic E-state index is 0.922. The van der Waals surface area contributed by atoms with Gasteiger partial charge in [0.05, 0.1) is 11.4 Å². The fraction of sp³-hybridized carbons (Fsp3) is 0.0667. The second-order valence-corrected chi connectivity index (χ2v) is 4.94. The molecule has 0 atom stereocenters. The number of nitrogens with zero attached hydrogens (tertiary/aromatic N) is 2. The van der Waals surface area contributed by atoms with Crippen LogP contribution in [0.2, 0.25) is 0 Å². The predicted molar refractivity (Wildman–Crippen MR) is 80.3 cm³/mol. The molecule has 0 aliphatic carbocycles. The van der Waals surface area contributed by atoms with Crippen molar-refractivity contribution in [3.8, 4) is 22.0 Å². The lowest BCUT2D eigenvalue weighted by atomic mass is 10.1. The van der Waals surface area contributed by atoms with E-state index < -0.39 is 0 Å². The Bertz CT molecular complexity index is 659. The molecule has 0 saturated heterocycles. The molecule has 1 aromatic carbocycles. The van der Waals surface area contributed by atoms with Crippen molar-refractivity contribution in [3.63, 3.8) is 0 Å². The number of rotatable bonds is 3. The first kappa shape index (κ1) is 11.9. The van der Waals surface area contributed by atoms with Gasteiger partial charge < -0.3 is 5.32 Å². The van der Waals surface area contributed by atoms with E-state index in [4.69, 9.17) is 0 Å². The van der Waals surface area contributed by atoms with E-state index in [9.17, 15) is 0 Å². The van der Waals surface area contributed by atoms with Crippen LogP contribution in [0.15, 0.2) is 54.0 Å². The third-order valence-electron chi connectivity index (χ3n) is 2.86. The molecule has 0 fully saturated rings. The summed E-state index contributed by atoms with van der Waals surface area (Å²) in [5.41, 5.74) is 4.14. The Labute approximate surface area is 116 Å². The highest BCUT2D eigenvalue weighted by Gasteiger charge is 2.07. The van der Waals surface area contributed by atoms with Gasteiger partial charge in [-0.1, -0.05) is 18.2 Å². The first-order valence-corrected chi connectivity index (χ1v) is 6.90. The molecular formula is C15H13N3S. The average molecular weight is 267 g/mol. The summed E-state index contributed by atoms with van der Waals surface area (Å²) in [4.78, 5) is 8.96. The van der Waals surface area contributed by atoms with Crippen LogP contribution < -0.4 is 5.32 Å². The van der Waals surface area contributed by atoms with E-state index >= 15 is 0 Å². The molecule has 3 rings (SSSR count). The highest BCUT2D eigenvalue weighted by molar-refractivity contribution is 7.13. The maximum Gasteiger partial charge on any atom is 0.142 e. The average Bonchev–Trinajstić information content (AvgIpc) is 2.98. The smallest absolute Gasteiger partial charge is 0.142 e. The Morgan fingerprint density at radius 3 is 2.53 bits per heavy atom. The van der Waals surface area contributed by atoms with Crippen LogP contribution in [0.1, 0.15) is 0 Å². The van der Waals surface area contributed by atoms with Crippen LogP contribution in [-0.4, -0.2) is 17.0 Å². The number of aromatic nitrogens is 2. The summed E-state index contributed by atoms with van der Waals surface area (Å²) in [5.74, 6) is 0. The van der Waals surface area contributed by atoms with Gasteiger partial charge in [0.2, 0.25) is 0 Å². The fourth-order valence-corrected chi connectivity index (χ4v) is 2.63. The van der Waals surface area contributed by atoms with Gasteiger partial charge in [-0.05, 0) is 24.3 Å². The van der Waals surface area contributed by atoms with E-state index in [1.165, 1.54) is 0 Å². The van der Waals surface area contributed by atoms with Gasteiger partial charge in [0, 0.05) is 29.9 Å². The summed E-state index contributed by atoms with van der Waals surface area (Å²) in [6.45, 7) is 0. The number of benzene rings is 1. The second-order valence-electron chi connectivity index (χ2n) is 4.08. The quantitative estimate of drug-likeness (QED) is 0.781. The first-order valence-electron chi connectivity index (χ1n) is 6.02. The van der Waals surface area contributed by atoms with Gasteiger partial charge in [0.25, 0.3) is 0 Å². The van der Waals surface area contributed by atoms with Crippen molar-refractivity contribution < 1.29 is 0 Å². The summed E-state index contributed by atoms with van der Waals surface area (Å²) < 4.78 is 0. The standard InChI is InChI=1S/C15H13N3S/c1-16-12-7-5-11(6-8-12)14-10-19-15(18-14)13-4-2-3-9-17-13/h2-10,16H,1H3. The molecule has 0 spiro atoms. The number of hydrogen-bond donors (Lipinski definition) is 1. The maximum atomic E-state index is 4.64. The van der Waals surface area contributed by atoms with Crippen molar-refractivity contribution in [2.75, 3.05) is 12.4 Å². The number of thiazole rings is 1. The maximum absolute atomic E-state index is 4.64. The number of pyridine rings is 1. The van der Waals surface area contributed by atoms with Crippen molar-refractivity contribution in [2.24, 2.45) is 0 Å². The topological polar surface area (TPSA) is 37.8 Å². The van der Waals surface area contributed by atoms with Gasteiger partial charge in [-0.2, -0.15) is 0 Å². The summed E-state index contributed by atoms with van der Waals surface area (Å²) in [6.07, 6.45) is 1.79. The SMILES string of the molecule is CNc1ccc(-c2csc(-c3ccccn3)n2)cc1. The van der Waals surface area contributed by atoms with E-state index in [0.29, 0.717) is 0 Å². The monoisotopic (exact) mass is 267 g/mol. The van der Waals surface area contributed by atoms with Gasteiger partial charge in [0.1, 0.15) is 5.01 Å². The molecule has 4 heteroatoms. The first-order chi connectivity index (χ1) is 9.36. The van der Waals surface area contributed by atoms with Crippen LogP contribution in [-0.2, 0) is 0 Å². The van der Waals surface area contributed by atoms with Gasteiger partial charge in [0.15, 0.2) is 0 Å². The molecule has 3 nitrogen and oxygen atoms in total. The molecule has 2 heterocycles. The van der Waals surface area contributed by atoms with Gasteiger partial charge in [-0.3, -0.25) is 4.98 Å². The lowest BCUT2D eigenvalue weighted by molar-refractivity contribution is 1.29. The van der Waals surface area contributed by atoms with Crippen molar-refractivity contribution >= 4 is 17.0 Å². The Kier molecular flexibility index (Phi) is 3.25. The lowest BCUT2D eigenvalue weighted by Crippen LogP contribution is -1.87. The Morgan fingerprint density at radius 2 is 1.84 bits per heavy atom. The molecular weight excluding hydrogens is 254 g/mol. The van der Waals surface area contributed by atoms with Crippen LogP contribution in [0.5, 0.6) is 0 Å². The third kappa shape index (κ3) is 2.48. The summed E-state index contributed by atoms with van der Waals surface area (Å²) in [5, 5.41) is 6.13. The Morgan fingerprint density at radius 1 is 1.00 bits per heavy atom. The molecule has 1 N–H and O–H groups in total. The van der Waals surface area contributed by atoms with E-state index in [0.717, 1.165) is 27.6 Å². The number of anilines is 1. The fourth-order valence-electron chi connectivity index (χ4n) is 1.82. The van der Waals surface area contributed by atoms with Gasteiger partial charge in [-0.25, -0.2) is 4.98 Å². The molecule has 0 amide bonds. The Hall–Kier alpha value is -2.20. The van der Waals surface area contributed by atoms with E-state index in [1.54, 1.807) is 17.5 Å². The third-order valence-corrected chi connectivity index (χ3v) is 3.72. The Balaban J connectivity index is 1.92. The minimum Gasteiger partial charge on any atom is -0.388 e. The predicted octanol–water partition coefficient (Wildman–Crippen LogP) is 3.91. The molecule has 19 heavy (non-hydrogen) atoms. The highest BCUT2D eigenvalue weighted by atomic mass is 32.1. The van der Waals surface area contributed by atoms with Crippen molar-refractivity contribution in [1.82, 2.24) is 9.97 Å². The molecule has 0 radical (unpaired) electrons. The van der Waals surface area contributed by atoms with Crippen molar-refractivity contribution in [3.05, 3.63) is 54.0 Å². The van der Waals surface area contributed by atoms with E-state index in [-0.39, 0.29) is 0 Å². The highest BCUT2D eigenvalue weighted by Crippen LogP contribution is 2.28. The van der Waals surface area contributed by atoms with Crippen molar-refractivity contribution in [1.29, 1.82) is 0 Å². The van der Waals surface area contributed by atoms with Crippen molar-refractivity contribution in [2.45, 2.75) is 0 Å². The molecule has 0 saturated carbocycles. The summed E-state index contributed by atoms with van der Waals surface area (Å²) in [6, 6.07) is 14.1. The van der Waals surface area contributed by atoms with Gasteiger partial charge >= 0.3 is 0 Å². The van der Waals surface area contributed by atoms with E-state index in [2.05, 4.69) is 44.9 Å². The molecule has 0 unspecified atom stereocenters. The minimum atomic E-state index is 0.922. The molecule has 0 bridgehead atoms. The number of hydrogen-bond acceptors (Lipinski definition) is 4. The zero-order valence-electron chi connectivity index (χ0n) is 10.5. The van der Waals surface area contributed by atoms with Gasteiger partial charge in [-0.15, -0.1) is 11.3 Å². The van der Waals surface area contributed by atoms with Crippen LogP contribution in [0.25, 0.3) is 22.0 Å². The molecule has 0 aliphatic rings. The molecule has 0 aliphatic heterocycles.